The third kappa shape index (κ3) is 3.22. The number of carbonyl (C=O) groups is 2. The normalized spacial score (nSPS) is 23.5. The number of carboxylic acids is 1. The Bertz CT molecular complexity index is 326. The average Bonchev–Trinajstić information content (AvgIpc) is 2.36. The van der Waals surface area contributed by atoms with E-state index >= 15 is 0 Å². The molecule has 0 spiro atoms. The largest absolute Gasteiger partial charge is 0.481 e. The molecular formula is C12H19NO5. The molecule has 1 rings (SSSR count). The Balaban J connectivity index is 2.71. The minimum atomic E-state index is -1.03. The van der Waals surface area contributed by atoms with Crippen molar-refractivity contribution in [3.63, 3.8) is 0 Å². The molecule has 0 aromatic heterocycles. The molecule has 0 bridgehead atoms. The number of amides is 1. The lowest BCUT2D eigenvalue weighted by Crippen LogP contribution is -2.52. The first kappa shape index (κ1) is 14.5. The second-order valence-electron chi connectivity index (χ2n) is 4.41. The summed E-state index contributed by atoms with van der Waals surface area (Å²) in [4.78, 5) is 24.5. The summed E-state index contributed by atoms with van der Waals surface area (Å²) < 4.78 is 9.90. The van der Waals surface area contributed by atoms with Crippen LogP contribution in [0, 0.1) is 5.41 Å². The van der Waals surface area contributed by atoms with E-state index in [1.807, 2.05) is 0 Å². The van der Waals surface area contributed by atoms with E-state index in [2.05, 4.69) is 6.58 Å². The molecule has 0 aromatic carbocycles. The fraction of sp³-hybridized carbons (Fsp3) is 0.667. The Labute approximate surface area is 106 Å². The Hall–Kier alpha value is -1.56. The summed E-state index contributed by atoms with van der Waals surface area (Å²) in [5.74, 6) is -0.939. The molecule has 102 valence electrons. The van der Waals surface area contributed by atoms with Crippen molar-refractivity contribution in [3.05, 3.63) is 12.7 Å². The van der Waals surface area contributed by atoms with Crippen molar-refractivity contribution in [1.82, 2.24) is 4.90 Å². The lowest BCUT2D eigenvalue weighted by atomic mass is 9.81. The highest BCUT2D eigenvalue weighted by molar-refractivity contribution is 5.77. The van der Waals surface area contributed by atoms with Crippen LogP contribution in [0.15, 0.2) is 12.7 Å². The number of piperidine rings is 1. The molecule has 6 nitrogen and oxygen atoms in total. The summed E-state index contributed by atoms with van der Waals surface area (Å²) >= 11 is 0. The van der Waals surface area contributed by atoms with Gasteiger partial charge in [0.25, 0.3) is 0 Å². The Morgan fingerprint density at radius 2 is 2.28 bits per heavy atom. The van der Waals surface area contributed by atoms with Gasteiger partial charge in [0.15, 0.2) is 0 Å². The highest BCUT2D eigenvalue weighted by atomic mass is 16.6. The molecule has 1 N–H and O–H groups in total. The number of rotatable bonds is 5. The molecule has 0 aromatic rings. The van der Waals surface area contributed by atoms with Gasteiger partial charge in [-0.15, -0.1) is 0 Å². The van der Waals surface area contributed by atoms with Crippen LogP contribution >= 0.6 is 0 Å². The first-order valence-corrected chi connectivity index (χ1v) is 5.80. The Morgan fingerprint density at radius 1 is 1.56 bits per heavy atom. The lowest BCUT2D eigenvalue weighted by molar-refractivity contribution is -0.156. The zero-order valence-corrected chi connectivity index (χ0v) is 10.6. The highest BCUT2D eigenvalue weighted by Gasteiger charge is 2.44. The zero-order valence-electron chi connectivity index (χ0n) is 10.6. The molecule has 18 heavy (non-hydrogen) atoms. The van der Waals surface area contributed by atoms with Gasteiger partial charge in [0.1, 0.15) is 12.0 Å². The van der Waals surface area contributed by atoms with Crippen LogP contribution in [-0.2, 0) is 14.3 Å². The molecule has 0 saturated carbocycles. The molecule has 1 amide bonds. The number of carboxylic acid groups (broad SMARTS) is 1. The van der Waals surface area contributed by atoms with Crippen LogP contribution in [0.2, 0.25) is 0 Å². The van der Waals surface area contributed by atoms with Crippen molar-refractivity contribution >= 4 is 12.1 Å². The predicted molar refractivity (Wildman–Crippen MR) is 64.3 cm³/mol. The quantitative estimate of drug-likeness (QED) is 0.747. The topological polar surface area (TPSA) is 76.1 Å². The van der Waals surface area contributed by atoms with E-state index < -0.39 is 17.5 Å². The van der Waals surface area contributed by atoms with E-state index in [-0.39, 0.29) is 19.8 Å². The number of carbonyl (C=O) groups excluding carboxylic acids is 1. The number of hydrogen-bond acceptors (Lipinski definition) is 4. The standard InChI is InChI=1S/C12H19NO5/c1-3-7-18-11(16)13-6-4-5-12(8-13,9-17-2)10(14)15/h3H,1,4-9H2,2H3,(H,14,15). The molecule has 1 fully saturated rings. The monoisotopic (exact) mass is 257 g/mol. The van der Waals surface area contributed by atoms with Crippen LogP contribution in [0.5, 0.6) is 0 Å². The maximum Gasteiger partial charge on any atom is 0.410 e. The molecular weight excluding hydrogens is 238 g/mol. The first-order valence-electron chi connectivity index (χ1n) is 5.80. The second kappa shape index (κ2) is 6.39. The smallest absolute Gasteiger partial charge is 0.410 e. The van der Waals surface area contributed by atoms with Gasteiger partial charge in [0.2, 0.25) is 0 Å². The van der Waals surface area contributed by atoms with Gasteiger partial charge in [-0.05, 0) is 12.8 Å². The molecule has 1 unspecified atom stereocenters. The van der Waals surface area contributed by atoms with E-state index in [4.69, 9.17) is 9.47 Å². The van der Waals surface area contributed by atoms with E-state index in [1.165, 1.54) is 18.1 Å². The number of aliphatic carboxylic acids is 1. The van der Waals surface area contributed by atoms with Crippen LogP contribution in [0.4, 0.5) is 4.79 Å². The number of ether oxygens (including phenoxy) is 2. The summed E-state index contributed by atoms with van der Waals surface area (Å²) in [7, 11) is 1.46. The minimum absolute atomic E-state index is 0.0908. The third-order valence-corrected chi connectivity index (χ3v) is 3.03. The van der Waals surface area contributed by atoms with Gasteiger partial charge < -0.3 is 19.5 Å². The number of hydrogen-bond donors (Lipinski definition) is 1. The number of methoxy groups -OCH3 is 1. The van der Waals surface area contributed by atoms with Gasteiger partial charge in [-0.3, -0.25) is 4.79 Å². The summed E-state index contributed by atoms with van der Waals surface area (Å²) in [6.07, 6.45) is 2.10. The van der Waals surface area contributed by atoms with Gasteiger partial charge in [-0.2, -0.15) is 0 Å². The summed E-state index contributed by atoms with van der Waals surface area (Å²) in [5.41, 5.74) is -1.03. The Kier molecular flexibility index (Phi) is 5.15. The molecule has 1 saturated heterocycles. The fourth-order valence-corrected chi connectivity index (χ4v) is 2.14. The minimum Gasteiger partial charge on any atom is -0.481 e. The highest BCUT2D eigenvalue weighted by Crippen LogP contribution is 2.31. The number of likely N-dealkylation sites (tertiary alicyclic amines) is 1. The van der Waals surface area contributed by atoms with E-state index in [0.717, 1.165) is 0 Å². The average molecular weight is 257 g/mol. The molecule has 1 atom stereocenters. The van der Waals surface area contributed by atoms with Crippen molar-refractivity contribution in [2.45, 2.75) is 12.8 Å². The maximum atomic E-state index is 11.7. The van der Waals surface area contributed by atoms with E-state index in [1.54, 1.807) is 0 Å². The van der Waals surface area contributed by atoms with Crippen LogP contribution < -0.4 is 0 Å². The van der Waals surface area contributed by atoms with E-state index in [9.17, 15) is 14.7 Å². The number of nitrogens with zero attached hydrogens (tertiary/aromatic N) is 1. The van der Waals surface area contributed by atoms with Crippen LogP contribution in [0.3, 0.4) is 0 Å². The van der Waals surface area contributed by atoms with Crippen molar-refractivity contribution < 1.29 is 24.2 Å². The van der Waals surface area contributed by atoms with Gasteiger partial charge in [-0.25, -0.2) is 4.79 Å². The molecule has 1 aliphatic heterocycles. The molecule has 0 aliphatic carbocycles. The SMILES string of the molecule is C=CCOC(=O)N1CCCC(COC)(C(=O)O)C1. The van der Waals surface area contributed by atoms with Gasteiger partial charge >= 0.3 is 12.1 Å². The summed E-state index contributed by atoms with van der Waals surface area (Å²) in [6, 6.07) is 0. The molecule has 0 radical (unpaired) electrons. The van der Waals surface area contributed by atoms with Gasteiger partial charge in [0, 0.05) is 20.2 Å². The van der Waals surface area contributed by atoms with Crippen molar-refractivity contribution in [2.75, 3.05) is 33.4 Å². The zero-order chi connectivity index (χ0) is 13.6. The van der Waals surface area contributed by atoms with Crippen LogP contribution in [0.1, 0.15) is 12.8 Å². The summed E-state index contributed by atoms with van der Waals surface area (Å²) in [6.45, 7) is 4.30. The Morgan fingerprint density at radius 3 is 2.83 bits per heavy atom. The first-order chi connectivity index (χ1) is 8.55. The fourth-order valence-electron chi connectivity index (χ4n) is 2.14. The van der Waals surface area contributed by atoms with Crippen molar-refractivity contribution in [2.24, 2.45) is 5.41 Å². The molecule has 1 heterocycles. The van der Waals surface area contributed by atoms with Crippen molar-refractivity contribution in [1.29, 1.82) is 0 Å². The summed E-state index contributed by atoms with van der Waals surface area (Å²) in [5, 5.41) is 9.32. The third-order valence-electron chi connectivity index (χ3n) is 3.03. The van der Waals surface area contributed by atoms with E-state index in [0.29, 0.717) is 19.4 Å². The van der Waals surface area contributed by atoms with Crippen LogP contribution in [0.25, 0.3) is 0 Å². The molecule has 1 aliphatic rings. The molecule has 6 heteroatoms. The predicted octanol–water partition coefficient (Wildman–Crippen LogP) is 1.12. The van der Waals surface area contributed by atoms with Gasteiger partial charge in [0.05, 0.1) is 6.61 Å². The second-order valence-corrected chi connectivity index (χ2v) is 4.41. The maximum absolute atomic E-state index is 11.7. The van der Waals surface area contributed by atoms with Gasteiger partial charge in [-0.1, -0.05) is 12.7 Å². The van der Waals surface area contributed by atoms with Crippen LogP contribution in [-0.4, -0.2) is 55.5 Å². The lowest BCUT2D eigenvalue weighted by Gasteiger charge is -2.38. The van der Waals surface area contributed by atoms with Crippen molar-refractivity contribution in [3.8, 4) is 0 Å².